The number of aliphatic hydroxyl groups is 1. The van der Waals surface area contributed by atoms with Crippen molar-refractivity contribution >= 4 is 22.5 Å². The van der Waals surface area contributed by atoms with Crippen molar-refractivity contribution in [1.29, 1.82) is 0 Å². The Morgan fingerprint density at radius 3 is 2.69 bits per heavy atom. The first kappa shape index (κ1) is 27.6. The molecule has 3 aromatic heterocycles. The average Bonchev–Trinajstić information content (AvgIpc) is 3.38. The number of H-pyrrole nitrogens is 1. The van der Waals surface area contributed by atoms with Gasteiger partial charge in [-0.15, -0.1) is 0 Å². The van der Waals surface area contributed by atoms with Gasteiger partial charge in [0.1, 0.15) is 11.6 Å². The minimum atomic E-state index is -0.395. The Kier molecular flexibility index (Phi) is 7.94. The normalized spacial score (nSPS) is 14.3. The molecule has 5 aromatic rings. The zero-order valence-corrected chi connectivity index (χ0v) is 23.3. The highest BCUT2D eigenvalue weighted by Crippen LogP contribution is 2.30. The number of halogens is 1. The Hall–Kier alpha value is -4.60. The number of aryl methyl sites for hydroxylation is 1. The molecule has 0 saturated carbocycles. The molecule has 1 saturated heterocycles. The molecule has 4 heterocycles. The third-order valence-corrected chi connectivity index (χ3v) is 7.56. The lowest BCUT2D eigenvalue weighted by molar-refractivity contribution is 0.0792. The fourth-order valence-corrected chi connectivity index (χ4v) is 5.38. The monoisotopic (exact) mass is 565 g/mol. The summed E-state index contributed by atoms with van der Waals surface area (Å²) >= 11 is 0. The van der Waals surface area contributed by atoms with E-state index in [2.05, 4.69) is 31.2 Å². The van der Waals surface area contributed by atoms with E-state index in [9.17, 15) is 14.3 Å². The van der Waals surface area contributed by atoms with E-state index >= 15 is 0 Å². The van der Waals surface area contributed by atoms with Crippen molar-refractivity contribution in [3.8, 4) is 22.8 Å². The molecule has 1 aliphatic rings. The van der Waals surface area contributed by atoms with Gasteiger partial charge >= 0.3 is 0 Å². The van der Waals surface area contributed by atoms with Crippen LogP contribution < -0.4 is 10.1 Å². The second kappa shape index (κ2) is 12.1. The molecule has 9 heteroatoms. The van der Waals surface area contributed by atoms with Crippen molar-refractivity contribution in [3.05, 3.63) is 102 Å². The molecular weight excluding hydrogens is 533 g/mol. The van der Waals surface area contributed by atoms with Crippen LogP contribution in [0.1, 0.15) is 41.4 Å². The molecule has 1 amide bonds. The van der Waals surface area contributed by atoms with Crippen LogP contribution in [0.25, 0.3) is 22.0 Å². The van der Waals surface area contributed by atoms with Crippen molar-refractivity contribution in [1.82, 2.24) is 19.9 Å². The molecule has 214 valence electrons. The minimum absolute atomic E-state index is 0.199. The standard InChI is InChI=1S/C33H32FN5O3/c1-2-29-32(33(41)37-25-7-9-31(36-19-25)42-27-5-3-4-24(34)16-27)28-15-22(6-8-30(28)38-29)23-14-21(17-35-18-23)20-39-12-10-26(40)11-13-39/h3-9,14-19,26,38,40H,2,10-13,20H2,1H3,(H,37,41). The molecule has 6 rings (SSSR count). The number of aromatic amines is 1. The number of likely N-dealkylation sites (tertiary alicyclic amines) is 1. The van der Waals surface area contributed by atoms with Crippen molar-refractivity contribution < 1.29 is 19.0 Å². The summed E-state index contributed by atoms with van der Waals surface area (Å²) in [6.45, 7) is 4.54. The molecule has 8 nitrogen and oxygen atoms in total. The number of amides is 1. The van der Waals surface area contributed by atoms with E-state index in [0.29, 0.717) is 29.3 Å². The maximum absolute atomic E-state index is 13.6. The predicted octanol–water partition coefficient (Wildman–Crippen LogP) is 6.33. The van der Waals surface area contributed by atoms with E-state index in [1.54, 1.807) is 24.3 Å². The molecule has 0 atom stereocenters. The lowest BCUT2D eigenvalue weighted by Crippen LogP contribution is -2.35. The molecule has 0 aliphatic carbocycles. The zero-order valence-electron chi connectivity index (χ0n) is 23.3. The number of hydrogen-bond donors (Lipinski definition) is 3. The van der Waals surface area contributed by atoms with E-state index in [0.717, 1.165) is 65.8 Å². The van der Waals surface area contributed by atoms with Crippen LogP contribution in [0.2, 0.25) is 0 Å². The number of piperidine rings is 1. The van der Waals surface area contributed by atoms with Gasteiger partial charge in [0, 0.05) is 66.3 Å². The largest absolute Gasteiger partial charge is 0.439 e. The van der Waals surface area contributed by atoms with Gasteiger partial charge in [-0.3, -0.25) is 14.7 Å². The third-order valence-electron chi connectivity index (χ3n) is 7.56. The molecule has 0 radical (unpaired) electrons. The van der Waals surface area contributed by atoms with Crippen LogP contribution in [0.15, 0.2) is 79.3 Å². The summed E-state index contributed by atoms with van der Waals surface area (Å²) in [5.41, 5.74) is 5.90. The summed E-state index contributed by atoms with van der Waals surface area (Å²) < 4.78 is 19.1. The summed E-state index contributed by atoms with van der Waals surface area (Å²) in [5.74, 6) is -0.00482. The Labute approximate surface area is 243 Å². The third kappa shape index (κ3) is 6.17. The van der Waals surface area contributed by atoms with Gasteiger partial charge in [0.2, 0.25) is 5.88 Å². The highest BCUT2D eigenvalue weighted by Gasteiger charge is 2.20. The second-order valence-corrected chi connectivity index (χ2v) is 10.6. The topological polar surface area (TPSA) is 103 Å². The van der Waals surface area contributed by atoms with Gasteiger partial charge in [0.15, 0.2) is 0 Å². The van der Waals surface area contributed by atoms with E-state index < -0.39 is 5.82 Å². The average molecular weight is 566 g/mol. The van der Waals surface area contributed by atoms with Crippen LogP contribution >= 0.6 is 0 Å². The number of pyridine rings is 2. The Morgan fingerprint density at radius 1 is 1.07 bits per heavy atom. The highest BCUT2D eigenvalue weighted by molar-refractivity contribution is 6.14. The number of benzene rings is 2. The minimum Gasteiger partial charge on any atom is -0.439 e. The second-order valence-electron chi connectivity index (χ2n) is 10.6. The van der Waals surface area contributed by atoms with Crippen molar-refractivity contribution in [2.75, 3.05) is 18.4 Å². The molecule has 0 bridgehead atoms. The molecular formula is C33H32FN5O3. The van der Waals surface area contributed by atoms with Gasteiger partial charge in [0.05, 0.1) is 23.6 Å². The Balaban J connectivity index is 1.22. The number of aromatic nitrogens is 3. The first-order chi connectivity index (χ1) is 20.4. The number of fused-ring (bicyclic) bond motifs is 1. The number of carbonyl (C=O) groups excluding carboxylic acids is 1. The van der Waals surface area contributed by atoms with Crippen LogP contribution in [0, 0.1) is 5.82 Å². The van der Waals surface area contributed by atoms with Gasteiger partial charge in [-0.25, -0.2) is 9.37 Å². The lowest BCUT2D eigenvalue weighted by Gasteiger charge is -2.29. The molecule has 0 unspecified atom stereocenters. The van der Waals surface area contributed by atoms with Gasteiger partial charge < -0.3 is 20.1 Å². The Morgan fingerprint density at radius 2 is 1.93 bits per heavy atom. The lowest BCUT2D eigenvalue weighted by atomic mass is 10.0. The molecule has 3 N–H and O–H groups in total. The highest BCUT2D eigenvalue weighted by atomic mass is 19.1. The van der Waals surface area contributed by atoms with Crippen LogP contribution in [-0.2, 0) is 13.0 Å². The molecule has 2 aromatic carbocycles. The summed E-state index contributed by atoms with van der Waals surface area (Å²) in [6.07, 6.45) is 7.30. The Bertz CT molecular complexity index is 1710. The summed E-state index contributed by atoms with van der Waals surface area (Å²) in [4.78, 5) is 28.1. The van der Waals surface area contributed by atoms with Crippen LogP contribution in [0.3, 0.4) is 0 Å². The van der Waals surface area contributed by atoms with Crippen LogP contribution in [-0.4, -0.2) is 50.1 Å². The van der Waals surface area contributed by atoms with E-state index in [1.165, 1.54) is 18.3 Å². The maximum Gasteiger partial charge on any atom is 0.258 e. The number of ether oxygens (including phenoxy) is 1. The number of anilines is 1. The van der Waals surface area contributed by atoms with Gasteiger partial charge in [-0.05, 0) is 66.8 Å². The zero-order chi connectivity index (χ0) is 29.1. The van der Waals surface area contributed by atoms with Crippen LogP contribution in [0.4, 0.5) is 10.1 Å². The van der Waals surface area contributed by atoms with Crippen LogP contribution in [0.5, 0.6) is 11.6 Å². The smallest absolute Gasteiger partial charge is 0.258 e. The van der Waals surface area contributed by atoms with Crippen molar-refractivity contribution in [3.63, 3.8) is 0 Å². The summed E-state index contributed by atoms with van der Waals surface area (Å²) in [5, 5.41) is 13.6. The van der Waals surface area contributed by atoms with E-state index in [1.807, 2.05) is 37.5 Å². The molecule has 1 aliphatic heterocycles. The predicted molar refractivity (Wildman–Crippen MR) is 160 cm³/mol. The first-order valence-electron chi connectivity index (χ1n) is 14.2. The molecule has 0 spiro atoms. The fourth-order valence-electron chi connectivity index (χ4n) is 5.38. The number of nitrogens with zero attached hydrogens (tertiary/aromatic N) is 3. The SMILES string of the molecule is CCc1[nH]c2ccc(-c3cncc(CN4CCC(O)CC4)c3)cc2c1C(=O)Nc1ccc(Oc2cccc(F)c2)nc1. The molecule has 42 heavy (non-hydrogen) atoms. The number of hydrogen-bond acceptors (Lipinski definition) is 6. The van der Waals surface area contributed by atoms with Gasteiger partial charge in [-0.1, -0.05) is 19.1 Å². The summed E-state index contributed by atoms with van der Waals surface area (Å²) in [7, 11) is 0. The number of aliphatic hydroxyl groups excluding tert-OH is 1. The quantitative estimate of drug-likeness (QED) is 0.203. The fraction of sp³-hybridized carbons (Fsp3) is 0.242. The number of carbonyl (C=O) groups is 1. The van der Waals surface area contributed by atoms with Gasteiger partial charge in [-0.2, -0.15) is 0 Å². The van der Waals surface area contributed by atoms with E-state index in [4.69, 9.17) is 4.74 Å². The van der Waals surface area contributed by atoms with Crippen molar-refractivity contribution in [2.45, 2.75) is 38.8 Å². The van der Waals surface area contributed by atoms with Crippen molar-refractivity contribution in [2.24, 2.45) is 0 Å². The van der Waals surface area contributed by atoms with E-state index in [-0.39, 0.29) is 12.0 Å². The van der Waals surface area contributed by atoms with Gasteiger partial charge in [0.25, 0.3) is 5.91 Å². The summed E-state index contributed by atoms with van der Waals surface area (Å²) in [6, 6.07) is 17.4. The number of rotatable bonds is 8. The molecule has 1 fully saturated rings. The number of nitrogens with one attached hydrogen (secondary N) is 2. The maximum atomic E-state index is 13.6. The first-order valence-corrected chi connectivity index (χ1v) is 14.2.